The molecule has 1 aliphatic heterocycles. The van der Waals surface area contributed by atoms with Gasteiger partial charge in [-0.05, 0) is 37.1 Å². The molecule has 3 aromatic carbocycles. The molecule has 170 valence electrons. The molecule has 0 radical (unpaired) electrons. The minimum atomic E-state index is -0.423. The minimum absolute atomic E-state index is 0.199. The lowest BCUT2D eigenvalue weighted by Crippen LogP contribution is -2.45. The second-order valence-corrected chi connectivity index (χ2v) is 8.73. The van der Waals surface area contributed by atoms with Crippen LogP contribution in [0.2, 0.25) is 5.02 Å². The average molecular weight is 471 g/mol. The van der Waals surface area contributed by atoms with Crippen LogP contribution in [0.15, 0.2) is 89.1 Å². The zero-order chi connectivity index (χ0) is 23.7. The number of aromatic nitrogens is 2. The Morgan fingerprint density at radius 1 is 1.00 bits per heavy atom. The van der Waals surface area contributed by atoms with Gasteiger partial charge in [-0.25, -0.2) is 4.79 Å². The van der Waals surface area contributed by atoms with Crippen LogP contribution in [-0.4, -0.2) is 21.1 Å². The lowest BCUT2D eigenvalue weighted by molar-refractivity contribution is 0.203. The summed E-state index contributed by atoms with van der Waals surface area (Å²) in [7, 11) is 0. The van der Waals surface area contributed by atoms with Crippen LogP contribution in [0.5, 0.6) is 0 Å². The molecule has 1 unspecified atom stereocenters. The lowest BCUT2D eigenvalue weighted by Gasteiger charge is -2.35. The third kappa shape index (κ3) is 4.32. The first kappa shape index (κ1) is 21.9. The first-order valence-electron chi connectivity index (χ1n) is 11.0. The molecular weight excluding hydrogens is 448 g/mol. The average Bonchev–Trinajstić information content (AvgIpc) is 3.32. The van der Waals surface area contributed by atoms with Crippen molar-refractivity contribution in [3.05, 3.63) is 112 Å². The van der Waals surface area contributed by atoms with Crippen molar-refractivity contribution in [3.63, 3.8) is 0 Å². The predicted molar refractivity (Wildman–Crippen MR) is 132 cm³/mol. The molecule has 34 heavy (non-hydrogen) atoms. The van der Waals surface area contributed by atoms with Crippen molar-refractivity contribution < 1.29 is 9.32 Å². The molecule has 2 amide bonds. The smallest absolute Gasteiger partial charge is 0.322 e. The van der Waals surface area contributed by atoms with E-state index in [1.54, 1.807) is 4.90 Å². The number of benzene rings is 3. The van der Waals surface area contributed by atoms with Crippen LogP contribution in [0.3, 0.4) is 0 Å². The molecule has 0 spiro atoms. The van der Waals surface area contributed by atoms with Gasteiger partial charge in [0.2, 0.25) is 5.82 Å². The largest absolute Gasteiger partial charge is 0.334 e. The van der Waals surface area contributed by atoms with Gasteiger partial charge >= 0.3 is 6.03 Å². The highest BCUT2D eigenvalue weighted by Crippen LogP contribution is 2.38. The molecule has 6 nitrogen and oxygen atoms in total. The van der Waals surface area contributed by atoms with Crippen molar-refractivity contribution in [2.75, 3.05) is 0 Å². The number of carbonyl (C=O) groups excluding carboxylic acids is 1. The van der Waals surface area contributed by atoms with Crippen LogP contribution in [-0.2, 0) is 6.54 Å². The molecule has 0 aliphatic carbocycles. The first-order valence-corrected chi connectivity index (χ1v) is 11.4. The molecule has 2 heterocycles. The molecule has 1 aromatic heterocycles. The number of allylic oxidation sites excluding steroid dienone is 1. The van der Waals surface area contributed by atoms with E-state index in [-0.39, 0.29) is 6.03 Å². The maximum Gasteiger partial charge on any atom is 0.322 e. The first-order chi connectivity index (χ1) is 16.5. The van der Waals surface area contributed by atoms with Crippen LogP contribution in [0, 0.1) is 6.92 Å². The van der Waals surface area contributed by atoms with E-state index in [9.17, 15) is 4.79 Å². The highest BCUT2D eigenvalue weighted by molar-refractivity contribution is 6.30. The Labute approximate surface area is 202 Å². The summed E-state index contributed by atoms with van der Waals surface area (Å²) in [5, 5.41) is 7.97. The summed E-state index contributed by atoms with van der Waals surface area (Å²) in [4.78, 5) is 19.6. The summed E-state index contributed by atoms with van der Waals surface area (Å²) in [5.41, 5.74) is 5.37. The van der Waals surface area contributed by atoms with E-state index in [2.05, 4.69) is 10.5 Å². The van der Waals surface area contributed by atoms with Crippen LogP contribution >= 0.6 is 11.6 Å². The SMILES string of the molecule is CC1=C(c2nc(-c3ccccc3)no2)C(c2ccc(C)cc2)NC(=O)N1Cc1cccc(Cl)c1. The van der Waals surface area contributed by atoms with Gasteiger partial charge in [-0.15, -0.1) is 0 Å². The topological polar surface area (TPSA) is 71.3 Å². The van der Waals surface area contributed by atoms with Crippen molar-refractivity contribution in [2.45, 2.75) is 26.4 Å². The number of hydrogen-bond donors (Lipinski definition) is 1. The molecule has 1 atom stereocenters. The van der Waals surface area contributed by atoms with E-state index >= 15 is 0 Å². The normalized spacial score (nSPS) is 16.0. The molecule has 0 fully saturated rings. The summed E-state index contributed by atoms with van der Waals surface area (Å²) in [6.45, 7) is 4.30. The fourth-order valence-corrected chi connectivity index (χ4v) is 4.33. The van der Waals surface area contributed by atoms with Crippen LogP contribution in [0.4, 0.5) is 4.79 Å². The molecular formula is C27H23ClN4O2. The monoisotopic (exact) mass is 470 g/mol. The number of halogens is 1. The standard InChI is InChI=1S/C27H23ClN4O2/c1-17-11-13-20(14-12-17)24-23(26-30-25(31-34-26)21-8-4-3-5-9-21)18(2)32(27(33)29-24)16-19-7-6-10-22(28)15-19/h3-15,24H,16H2,1-2H3,(H,29,33). The lowest BCUT2D eigenvalue weighted by atomic mass is 9.94. The van der Waals surface area contributed by atoms with Gasteiger partial charge in [0.1, 0.15) is 0 Å². The Bertz CT molecular complexity index is 1360. The van der Waals surface area contributed by atoms with E-state index in [0.717, 1.165) is 33.5 Å². The van der Waals surface area contributed by atoms with Gasteiger partial charge in [-0.1, -0.05) is 89.1 Å². The van der Waals surface area contributed by atoms with Crippen LogP contribution in [0.1, 0.15) is 35.5 Å². The molecule has 5 rings (SSSR count). The number of aryl methyl sites for hydroxylation is 1. The van der Waals surface area contributed by atoms with E-state index in [1.807, 2.05) is 92.7 Å². The Morgan fingerprint density at radius 2 is 1.76 bits per heavy atom. The number of nitrogens with zero attached hydrogens (tertiary/aromatic N) is 3. The summed E-state index contributed by atoms with van der Waals surface area (Å²) < 4.78 is 5.74. The summed E-state index contributed by atoms with van der Waals surface area (Å²) in [5.74, 6) is 0.870. The maximum atomic E-state index is 13.2. The van der Waals surface area contributed by atoms with Gasteiger partial charge < -0.3 is 9.84 Å². The Balaban J connectivity index is 1.60. The number of hydrogen-bond acceptors (Lipinski definition) is 4. The molecule has 0 saturated heterocycles. The molecule has 1 aliphatic rings. The van der Waals surface area contributed by atoms with Crippen LogP contribution < -0.4 is 5.32 Å². The summed E-state index contributed by atoms with van der Waals surface area (Å²) in [6.07, 6.45) is 0. The van der Waals surface area contributed by atoms with Crippen molar-refractivity contribution in [3.8, 4) is 11.4 Å². The number of carbonyl (C=O) groups is 1. The van der Waals surface area contributed by atoms with Crippen molar-refractivity contribution in [2.24, 2.45) is 0 Å². The Hall–Kier alpha value is -3.90. The molecule has 0 bridgehead atoms. The van der Waals surface area contributed by atoms with Crippen molar-refractivity contribution in [1.29, 1.82) is 0 Å². The van der Waals surface area contributed by atoms with Crippen LogP contribution in [0.25, 0.3) is 17.0 Å². The molecule has 0 saturated carbocycles. The summed E-state index contributed by atoms with van der Waals surface area (Å²) in [6, 6.07) is 24.6. The van der Waals surface area contributed by atoms with E-state index in [1.165, 1.54) is 0 Å². The zero-order valence-corrected chi connectivity index (χ0v) is 19.6. The number of amides is 2. The minimum Gasteiger partial charge on any atom is -0.334 e. The fraction of sp³-hybridized carbons (Fsp3) is 0.148. The quantitative estimate of drug-likeness (QED) is 0.366. The maximum absolute atomic E-state index is 13.2. The highest BCUT2D eigenvalue weighted by atomic mass is 35.5. The van der Waals surface area contributed by atoms with Gasteiger partial charge in [0.25, 0.3) is 5.89 Å². The third-order valence-corrected chi connectivity index (χ3v) is 6.16. The van der Waals surface area contributed by atoms with Gasteiger partial charge in [-0.3, -0.25) is 4.90 Å². The second-order valence-electron chi connectivity index (χ2n) is 8.30. The fourth-order valence-electron chi connectivity index (χ4n) is 4.11. The van der Waals surface area contributed by atoms with Gasteiger partial charge in [0.15, 0.2) is 0 Å². The molecule has 1 N–H and O–H groups in total. The van der Waals surface area contributed by atoms with Crippen molar-refractivity contribution >= 4 is 23.2 Å². The highest BCUT2D eigenvalue weighted by Gasteiger charge is 2.35. The molecule has 7 heteroatoms. The Kier molecular flexibility index (Phi) is 5.90. The Morgan fingerprint density at radius 3 is 2.50 bits per heavy atom. The second kappa shape index (κ2) is 9.15. The van der Waals surface area contributed by atoms with Gasteiger partial charge in [-0.2, -0.15) is 4.98 Å². The number of urea groups is 1. The molecule has 4 aromatic rings. The van der Waals surface area contributed by atoms with Crippen molar-refractivity contribution in [1.82, 2.24) is 20.4 Å². The van der Waals surface area contributed by atoms with Gasteiger partial charge in [0.05, 0.1) is 18.2 Å². The number of nitrogens with one attached hydrogen (secondary N) is 1. The van der Waals surface area contributed by atoms with Gasteiger partial charge in [0, 0.05) is 16.3 Å². The van der Waals surface area contributed by atoms with E-state index in [0.29, 0.717) is 23.3 Å². The van der Waals surface area contributed by atoms with E-state index in [4.69, 9.17) is 21.1 Å². The third-order valence-electron chi connectivity index (χ3n) is 5.93. The predicted octanol–water partition coefficient (Wildman–Crippen LogP) is 6.40. The zero-order valence-electron chi connectivity index (χ0n) is 18.8. The summed E-state index contributed by atoms with van der Waals surface area (Å²) >= 11 is 6.17. The number of rotatable bonds is 5. The van der Waals surface area contributed by atoms with E-state index < -0.39 is 6.04 Å².